The molecule has 1 aromatic heterocycles. The van der Waals surface area contributed by atoms with Crippen LogP contribution in [0.2, 0.25) is 0 Å². The summed E-state index contributed by atoms with van der Waals surface area (Å²) in [4.78, 5) is 0. The van der Waals surface area contributed by atoms with E-state index in [0.29, 0.717) is 23.5 Å². The zero-order chi connectivity index (χ0) is 13.3. The van der Waals surface area contributed by atoms with Crippen LogP contribution in [0.4, 0.5) is 18.9 Å². The molecule has 0 amide bonds. The number of hydrogen-bond donors (Lipinski definition) is 1. The predicted molar refractivity (Wildman–Crippen MR) is 69.6 cm³/mol. The van der Waals surface area contributed by atoms with Crippen LogP contribution >= 0.6 is 12.4 Å². The molecule has 1 heterocycles. The molecule has 0 saturated carbocycles. The van der Waals surface area contributed by atoms with Crippen molar-refractivity contribution in [1.82, 2.24) is 9.78 Å². The number of hydrogen-bond acceptors (Lipinski definition) is 2. The Morgan fingerprint density at radius 3 is 2.58 bits per heavy atom. The maximum atomic E-state index is 12.6. The lowest BCUT2D eigenvalue weighted by Crippen LogP contribution is -2.08. The highest BCUT2D eigenvalue weighted by Crippen LogP contribution is 2.30. The van der Waals surface area contributed by atoms with E-state index in [1.165, 1.54) is 16.9 Å². The van der Waals surface area contributed by atoms with Gasteiger partial charge in [0.15, 0.2) is 0 Å². The Morgan fingerprint density at radius 2 is 2.00 bits per heavy atom. The van der Waals surface area contributed by atoms with Crippen LogP contribution in [-0.4, -0.2) is 9.78 Å². The summed E-state index contributed by atoms with van der Waals surface area (Å²) in [5.74, 6) is 0. The van der Waals surface area contributed by atoms with Gasteiger partial charge in [-0.15, -0.1) is 12.4 Å². The molecule has 2 rings (SSSR count). The Kier molecular flexibility index (Phi) is 4.47. The van der Waals surface area contributed by atoms with E-state index < -0.39 is 11.7 Å². The summed E-state index contributed by atoms with van der Waals surface area (Å²) in [6, 6.07) is 5.02. The molecule has 0 radical (unpaired) electrons. The number of anilines is 1. The monoisotopic (exact) mass is 291 g/mol. The molecule has 0 atom stereocenters. The number of alkyl halides is 3. The summed E-state index contributed by atoms with van der Waals surface area (Å²) in [6.45, 7) is 1.87. The number of nitrogen functional groups attached to an aromatic ring is 1. The van der Waals surface area contributed by atoms with Gasteiger partial charge >= 0.3 is 6.18 Å². The smallest absolute Gasteiger partial charge is 0.396 e. The largest absolute Gasteiger partial charge is 0.416 e. The van der Waals surface area contributed by atoms with Crippen molar-refractivity contribution in [3.8, 4) is 5.69 Å². The third-order valence-corrected chi connectivity index (χ3v) is 2.65. The van der Waals surface area contributed by atoms with E-state index in [-0.39, 0.29) is 12.4 Å². The minimum atomic E-state index is -4.36. The molecule has 0 fully saturated rings. The van der Waals surface area contributed by atoms with E-state index in [4.69, 9.17) is 5.73 Å². The van der Waals surface area contributed by atoms with Crippen LogP contribution in [0, 0.1) is 0 Å². The topological polar surface area (TPSA) is 43.8 Å². The fraction of sp³-hybridized carbons (Fsp3) is 0.250. The number of halogens is 4. The van der Waals surface area contributed by atoms with Gasteiger partial charge in [0.2, 0.25) is 0 Å². The van der Waals surface area contributed by atoms with E-state index in [2.05, 4.69) is 5.10 Å². The molecule has 19 heavy (non-hydrogen) atoms. The van der Waals surface area contributed by atoms with Gasteiger partial charge in [0.25, 0.3) is 0 Å². The number of nitrogens with two attached hydrogens (primary N) is 1. The Bertz CT molecular complexity index is 564. The highest BCUT2D eigenvalue weighted by Gasteiger charge is 2.30. The zero-order valence-corrected chi connectivity index (χ0v) is 10.9. The Balaban J connectivity index is 0.00000180. The van der Waals surface area contributed by atoms with Crippen molar-refractivity contribution in [2.75, 3.05) is 5.73 Å². The van der Waals surface area contributed by atoms with Gasteiger partial charge < -0.3 is 5.73 Å². The van der Waals surface area contributed by atoms with Gasteiger partial charge in [-0.1, -0.05) is 13.0 Å². The second kappa shape index (κ2) is 5.52. The Labute approximate surface area is 114 Å². The molecule has 0 aliphatic rings. The first kappa shape index (κ1) is 15.4. The molecule has 0 unspecified atom stereocenters. The average Bonchev–Trinajstić information content (AvgIpc) is 2.69. The fourth-order valence-electron chi connectivity index (χ4n) is 1.78. The first-order valence-electron chi connectivity index (χ1n) is 5.43. The Morgan fingerprint density at radius 1 is 1.32 bits per heavy atom. The highest BCUT2D eigenvalue weighted by atomic mass is 35.5. The molecule has 2 aromatic rings. The summed E-state index contributed by atoms with van der Waals surface area (Å²) in [6.07, 6.45) is -2.32. The SMILES string of the molecule is CCc1c(N)cnn1-c1cccc(C(F)(F)F)c1.Cl. The number of aromatic nitrogens is 2. The molecule has 1 aromatic carbocycles. The molecule has 0 saturated heterocycles. The van der Waals surface area contributed by atoms with Gasteiger partial charge in [-0.2, -0.15) is 18.3 Å². The average molecular weight is 292 g/mol. The van der Waals surface area contributed by atoms with Gasteiger partial charge in [0.05, 0.1) is 28.8 Å². The molecule has 0 aliphatic heterocycles. The van der Waals surface area contributed by atoms with E-state index in [1.807, 2.05) is 6.92 Å². The van der Waals surface area contributed by atoms with Crippen LogP contribution < -0.4 is 5.73 Å². The van der Waals surface area contributed by atoms with Crippen molar-refractivity contribution >= 4 is 18.1 Å². The normalized spacial score (nSPS) is 11.2. The highest BCUT2D eigenvalue weighted by molar-refractivity contribution is 5.85. The van der Waals surface area contributed by atoms with E-state index in [1.54, 1.807) is 6.07 Å². The second-order valence-corrected chi connectivity index (χ2v) is 3.86. The molecule has 2 N–H and O–H groups in total. The van der Waals surface area contributed by atoms with Gasteiger partial charge in [0.1, 0.15) is 0 Å². The summed E-state index contributed by atoms with van der Waals surface area (Å²) in [5, 5.41) is 4.00. The standard InChI is InChI=1S/C12H12F3N3.ClH/c1-2-11-10(16)7-17-18(11)9-5-3-4-8(6-9)12(13,14)15;/h3-7H,2,16H2,1H3;1H. The van der Waals surface area contributed by atoms with Crippen molar-refractivity contribution in [1.29, 1.82) is 0 Å². The van der Waals surface area contributed by atoms with Crippen LogP contribution in [0.1, 0.15) is 18.2 Å². The van der Waals surface area contributed by atoms with Crippen molar-refractivity contribution in [2.45, 2.75) is 19.5 Å². The van der Waals surface area contributed by atoms with Gasteiger partial charge in [0, 0.05) is 0 Å². The van der Waals surface area contributed by atoms with Crippen molar-refractivity contribution < 1.29 is 13.2 Å². The van der Waals surface area contributed by atoms with Gasteiger partial charge in [-0.25, -0.2) is 4.68 Å². The molecule has 0 spiro atoms. The predicted octanol–water partition coefficient (Wildman–Crippen LogP) is 3.46. The lowest BCUT2D eigenvalue weighted by molar-refractivity contribution is -0.137. The number of benzene rings is 1. The van der Waals surface area contributed by atoms with Gasteiger partial charge in [-0.3, -0.25) is 0 Å². The quantitative estimate of drug-likeness (QED) is 0.921. The third-order valence-electron chi connectivity index (χ3n) is 2.65. The summed E-state index contributed by atoms with van der Waals surface area (Å²) >= 11 is 0. The van der Waals surface area contributed by atoms with Crippen LogP contribution in [-0.2, 0) is 12.6 Å². The van der Waals surface area contributed by atoms with Crippen molar-refractivity contribution in [2.24, 2.45) is 0 Å². The second-order valence-electron chi connectivity index (χ2n) is 3.86. The molecule has 104 valence electrons. The van der Waals surface area contributed by atoms with Crippen LogP contribution in [0.15, 0.2) is 30.5 Å². The molecular weight excluding hydrogens is 279 g/mol. The summed E-state index contributed by atoms with van der Waals surface area (Å²) in [7, 11) is 0. The molecular formula is C12H13ClF3N3. The zero-order valence-electron chi connectivity index (χ0n) is 10.1. The van der Waals surface area contributed by atoms with Crippen LogP contribution in [0.3, 0.4) is 0 Å². The van der Waals surface area contributed by atoms with Gasteiger partial charge in [-0.05, 0) is 24.6 Å². The minimum absolute atomic E-state index is 0. The summed E-state index contributed by atoms with van der Waals surface area (Å²) in [5.41, 5.74) is 6.55. The van der Waals surface area contributed by atoms with E-state index in [9.17, 15) is 13.2 Å². The lowest BCUT2D eigenvalue weighted by atomic mass is 10.2. The van der Waals surface area contributed by atoms with E-state index >= 15 is 0 Å². The maximum absolute atomic E-state index is 12.6. The van der Waals surface area contributed by atoms with Crippen LogP contribution in [0.5, 0.6) is 0 Å². The van der Waals surface area contributed by atoms with Crippen LogP contribution in [0.25, 0.3) is 5.69 Å². The maximum Gasteiger partial charge on any atom is 0.416 e. The first-order chi connectivity index (χ1) is 8.43. The Hall–Kier alpha value is -1.69. The summed E-state index contributed by atoms with van der Waals surface area (Å²) < 4.78 is 39.3. The number of nitrogens with zero attached hydrogens (tertiary/aromatic N) is 2. The molecule has 7 heteroatoms. The fourth-order valence-corrected chi connectivity index (χ4v) is 1.78. The minimum Gasteiger partial charge on any atom is -0.396 e. The molecule has 0 aliphatic carbocycles. The van der Waals surface area contributed by atoms with Crippen molar-refractivity contribution in [3.63, 3.8) is 0 Å². The third kappa shape index (κ3) is 3.01. The van der Waals surface area contributed by atoms with Crippen molar-refractivity contribution in [3.05, 3.63) is 41.7 Å². The first-order valence-corrected chi connectivity index (χ1v) is 5.43. The molecule has 0 bridgehead atoms. The lowest BCUT2D eigenvalue weighted by Gasteiger charge is -2.10. The number of rotatable bonds is 2. The molecule has 3 nitrogen and oxygen atoms in total. The van der Waals surface area contributed by atoms with E-state index in [0.717, 1.165) is 12.1 Å².